The summed E-state index contributed by atoms with van der Waals surface area (Å²) in [6.45, 7) is 0. The average Bonchev–Trinajstić information content (AvgIpc) is 3.66. The van der Waals surface area contributed by atoms with Crippen LogP contribution in [-0.2, 0) is 10.0 Å². The van der Waals surface area contributed by atoms with Gasteiger partial charge in [-0.05, 0) is 54.6 Å². The van der Waals surface area contributed by atoms with Crippen LogP contribution in [0.15, 0.2) is 71.1 Å². The fourth-order valence-electron chi connectivity index (χ4n) is 5.59. The Bertz CT molecular complexity index is 2280. The molecule has 0 radical (unpaired) electrons. The van der Waals surface area contributed by atoms with Gasteiger partial charge in [0.15, 0.2) is 12.0 Å². The van der Waals surface area contributed by atoms with Gasteiger partial charge in [0.25, 0.3) is 5.91 Å². The summed E-state index contributed by atoms with van der Waals surface area (Å²) < 4.78 is 62.3. The Labute approximate surface area is 249 Å². The molecule has 4 aromatic heterocycles. The van der Waals surface area contributed by atoms with Gasteiger partial charge in [-0.3, -0.25) is 9.10 Å². The van der Waals surface area contributed by atoms with Crippen molar-refractivity contribution in [2.75, 3.05) is 24.7 Å². The van der Waals surface area contributed by atoms with Crippen molar-refractivity contribution in [3.8, 4) is 34.0 Å². The number of rotatable bonds is 5. The molecular weight excluding hydrogens is 592 g/mol. The molecule has 1 aliphatic heterocycles. The van der Waals surface area contributed by atoms with Crippen molar-refractivity contribution in [3.63, 3.8) is 0 Å². The van der Waals surface area contributed by atoms with Gasteiger partial charge in [-0.25, -0.2) is 22.2 Å². The minimum Gasteiger partial charge on any atom is -0.437 e. The molecule has 7 rings (SSSR count). The number of benzene rings is 2. The fourth-order valence-corrected chi connectivity index (χ4v) is 6.04. The standard InChI is InChI=1S/C31H23F2N5O5S/c1-34-29(39)25-20-13-19(28(37(2)44(3,41)42)36-30(20)43-27(25)15-7-9-16(32)10-8-15)22-12-11-17-26(35-22)24-14-18-21(33)5-4-6-23(18)38(24)31(17)40/h4-14,31,40H,1-3H3,(H,34,39). The van der Waals surface area contributed by atoms with Crippen LogP contribution in [0.1, 0.15) is 22.1 Å². The molecule has 0 fully saturated rings. The van der Waals surface area contributed by atoms with Crippen LogP contribution in [0.3, 0.4) is 0 Å². The highest BCUT2D eigenvalue weighted by atomic mass is 32.2. The lowest BCUT2D eigenvalue weighted by Crippen LogP contribution is -2.26. The highest BCUT2D eigenvalue weighted by molar-refractivity contribution is 7.92. The SMILES string of the molecule is CNC(=O)c1c(-c2ccc(F)cc2)oc2nc(N(C)S(C)(=O)=O)c(-c3ccc4c(n3)-c3cc5c(F)cccc5n3C4O)cc12. The maximum absolute atomic E-state index is 14.6. The van der Waals surface area contributed by atoms with Gasteiger partial charge >= 0.3 is 0 Å². The molecule has 0 spiro atoms. The van der Waals surface area contributed by atoms with E-state index in [9.17, 15) is 27.1 Å². The molecule has 1 amide bonds. The van der Waals surface area contributed by atoms with E-state index in [2.05, 4.69) is 10.3 Å². The van der Waals surface area contributed by atoms with Crippen molar-refractivity contribution in [1.29, 1.82) is 0 Å². The Balaban J connectivity index is 1.50. The number of nitrogens with zero attached hydrogens (tertiary/aromatic N) is 4. The first-order valence-electron chi connectivity index (χ1n) is 13.4. The van der Waals surface area contributed by atoms with E-state index in [0.717, 1.165) is 10.6 Å². The Hall–Kier alpha value is -5.14. The molecule has 1 unspecified atom stereocenters. The van der Waals surface area contributed by atoms with E-state index in [-0.39, 0.29) is 39.5 Å². The minimum atomic E-state index is -3.83. The maximum atomic E-state index is 14.6. The number of carbonyl (C=O) groups is 1. The predicted octanol–water partition coefficient (Wildman–Crippen LogP) is 5.06. The van der Waals surface area contributed by atoms with Gasteiger partial charge in [0.2, 0.25) is 15.7 Å². The number of aliphatic hydroxyl groups is 1. The van der Waals surface area contributed by atoms with Crippen molar-refractivity contribution in [2.24, 2.45) is 0 Å². The van der Waals surface area contributed by atoms with Crippen LogP contribution in [0.4, 0.5) is 14.6 Å². The van der Waals surface area contributed by atoms with Gasteiger partial charge in [0, 0.05) is 36.2 Å². The molecule has 1 atom stereocenters. The number of sulfonamides is 1. The van der Waals surface area contributed by atoms with E-state index >= 15 is 0 Å². The van der Waals surface area contributed by atoms with Crippen molar-refractivity contribution in [3.05, 3.63) is 89.5 Å². The first-order valence-corrected chi connectivity index (χ1v) is 15.2. The molecule has 0 bridgehead atoms. The maximum Gasteiger partial charge on any atom is 0.255 e. The van der Waals surface area contributed by atoms with Crippen molar-refractivity contribution in [1.82, 2.24) is 19.9 Å². The molecule has 222 valence electrons. The van der Waals surface area contributed by atoms with Gasteiger partial charge in [-0.1, -0.05) is 12.1 Å². The van der Waals surface area contributed by atoms with Gasteiger partial charge in [0.1, 0.15) is 17.4 Å². The van der Waals surface area contributed by atoms with Crippen molar-refractivity contribution < 1.29 is 31.5 Å². The van der Waals surface area contributed by atoms with Crippen LogP contribution in [0.25, 0.3) is 56.0 Å². The fraction of sp³-hybridized carbons (Fsp3) is 0.129. The molecule has 1 aliphatic rings. The Morgan fingerprint density at radius 3 is 2.50 bits per heavy atom. The number of anilines is 1. The third-order valence-electron chi connectivity index (χ3n) is 7.82. The third kappa shape index (κ3) is 4.07. The number of nitrogens with one attached hydrogen (secondary N) is 1. The number of furan rings is 1. The molecule has 2 N–H and O–H groups in total. The van der Waals surface area contributed by atoms with E-state index in [1.807, 2.05) is 0 Å². The summed E-state index contributed by atoms with van der Waals surface area (Å²) in [5.41, 5.74) is 2.87. The summed E-state index contributed by atoms with van der Waals surface area (Å²) in [4.78, 5) is 22.5. The summed E-state index contributed by atoms with van der Waals surface area (Å²) >= 11 is 0. The van der Waals surface area contributed by atoms with Gasteiger partial charge in [0.05, 0.1) is 39.8 Å². The molecule has 6 aromatic rings. The normalized spacial score (nSPS) is 14.2. The largest absolute Gasteiger partial charge is 0.437 e. The second-order valence-electron chi connectivity index (χ2n) is 10.4. The summed E-state index contributed by atoms with van der Waals surface area (Å²) in [5, 5.41) is 14.3. The first kappa shape index (κ1) is 27.7. The summed E-state index contributed by atoms with van der Waals surface area (Å²) in [5.74, 6) is -1.33. The number of fused-ring (bicyclic) bond motifs is 6. The zero-order valence-corrected chi connectivity index (χ0v) is 24.3. The molecule has 5 heterocycles. The number of hydrogen-bond acceptors (Lipinski definition) is 7. The number of halogens is 2. The molecular formula is C31H23F2N5O5S. The number of hydrogen-bond donors (Lipinski definition) is 2. The van der Waals surface area contributed by atoms with Crippen LogP contribution in [0.2, 0.25) is 0 Å². The van der Waals surface area contributed by atoms with Gasteiger partial charge in [-0.15, -0.1) is 0 Å². The highest BCUT2D eigenvalue weighted by Gasteiger charge is 2.33. The van der Waals surface area contributed by atoms with Crippen LogP contribution in [0.5, 0.6) is 0 Å². The zero-order valence-electron chi connectivity index (χ0n) is 23.5. The number of carbonyl (C=O) groups excluding carboxylic acids is 1. The molecule has 2 aromatic carbocycles. The number of aromatic nitrogens is 3. The van der Waals surface area contributed by atoms with Crippen molar-refractivity contribution in [2.45, 2.75) is 6.23 Å². The Morgan fingerprint density at radius 1 is 1.05 bits per heavy atom. The number of amides is 1. The van der Waals surface area contributed by atoms with E-state index in [4.69, 9.17) is 9.40 Å². The highest BCUT2D eigenvalue weighted by Crippen LogP contribution is 2.44. The van der Waals surface area contributed by atoms with Crippen molar-refractivity contribution >= 4 is 43.8 Å². The molecule has 44 heavy (non-hydrogen) atoms. The third-order valence-corrected chi connectivity index (χ3v) is 8.98. The number of aliphatic hydroxyl groups excluding tert-OH is 1. The Morgan fingerprint density at radius 2 is 1.80 bits per heavy atom. The topological polar surface area (TPSA) is 131 Å². The van der Waals surface area contributed by atoms with Gasteiger partial charge in [-0.2, -0.15) is 4.98 Å². The minimum absolute atomic E-state index is 0.0237. The number of pyridine rings is 2. The van der Waals surface area contributed by atoms with Crippen LogP contribution >= 0.6 is 0 Å². The average molecular weight is 616 g/mol. The van der Waals surface area contributed by atoms with E-state index in [1.165, 1.54) is 44.4 Å². The van der Waals surface area contributed by atoms with Gasteiger partial charge < -0.3 is 19.4 Å². The molecule has 0 saturated carbocycles. The monoisotopic (exact) mass is 615 g/mol. The van der Waals surface area contributed by atoms with E-state index in [1.54, 1.807) is 41.0 Å². The lowest BCUT2D eigenvalue weighted by Gasteiger charge is -2.19. The molecule has 13 heteroatoms. The quantitative estimate of drug-likeness (QED) is 0.277. The van der Waals surface area contributed by atoms with Crippen LogP contribution < -0.4 is 9.62 Å². The van der Waals surface area contributed by atoms with E-state index in [0.29, 0.717) is 33.4 Å². The predicted molar refractivity (Wildman–Crippen MR) is 161 cm³/mol. The molecule has 0 aliphatic carbocycles. The molecule has 10 nitrogen and oxygen atoms in total. The second-order valence-corrected chi connectivity index (χ2v) is 12.4. The van der Waals surface area contributed by atoms with E-state index < -0.39 is 33.8 Å². The van der Waals surface area contributed by atoms with Crippen LogP contribution in [0, 0.1) is 11.6 Å². The Kier molecular flexibility index (Phi) is 6.10. The summed E-state index contributed by atoms with van der Waals surface area (Å²) in [7, 11) is -1.06. The molecule has 0 saturated heterocycles. The summed E-state index contributed by atoms with van der Waals surface area (Å²) in [6, 6.07) is 16.4. The lowest BCUT2D eigenvalue weighted by atomic mass is 10.0. The van der Waals surface area contributed by atoms with Crippen LogP contribution in [-0.4, -0.2) is 54.3 Å². The summed E-state index contributed by atoms with van der Waals surface area (Å²) in [6.07, 6.45) is -0.101. The smallest absolute Gasteiger partial charge is 0.255 e. The second kappa shape index (κ2) is 9.69. The lowest BCUT2D eigenvalue weighted by molar-refractivity contribution is 0.0964. The zero-order chi connectivity index (χ0) is 31.1. The first-order chi connectivity index (χ1) is 21.0.